The van der Waals surface area contributed by atoms with Crippen molar-refractivity contribution in [2.45, 2.75) is 30.2 Å². The van der Waals surface area contributed by atoms with Gasteiger partial charge in [0.05, 0.1) is 10.6 Å². The fourth-order valence-corrected chi connectivity index (χ4v) is 3.39. The van der Waals surface area contributed by atoms with Gasteiger partial charge in [0.2, 0.25) is 0 Å². The standard InChI is InChI=1S/C13H16FNO4S/c1-20(18,19)12-8-9(14)5-6-10(12)15-7-3-2-4-11(15)13(16)17/h5-6,8,11H,2-4,7H2,1H3,(H,16,17)/t11-/m1/s1. The van der Waals surface area contributed by atoms with Crippen molar-refractivity contribution < 1.29 is 22.7 Å². The molecule has 1 aliphatic rings. The number of piperidine rings is 1. The highest BCUT2D eigenvalue weighted by Gasteiger charge is 2.31. The molecule has 0 amide bonds. The molecular formula is C13H16FNO4S. The van der Waals surface area contributed by atoms with Crippen LogP contribution in [-0.4, -0.2) is 38.3 Å². The van der Waals surface area contributed by atoms with Crippen LogP contribution in [0.15, 0.2) is 23.1 Å². The molecule has 1 fully saturated rings. The Hall–Kier alpha value is -1.63. The molecule has 2 rings (SSSR count). The van der Waals surface area contributed by atoms with Crippen molar-refractivity contribution in [1.29, 1.82) is 0 Å². The van der Waals surface area contributed by atoms with Gasteiger partial charge in [-0.05, 0) is 37.5 Å². The van der Waals surface area contributed by atoms with E-state index >= 15 is 0 Å². The molecule has 0 aromatic heterocycles. The van der Waals surface area contributed by atoms with E-state index in [4.69, 9.17) is 0 Å². The van der Waals surface area contributed by atoms with Crippen molar-refractivity contribution in [2.24, 2.45) is 0 Å². The highest BCUT2D eigenvalue weighted by molar-refractivity contribution is 7.90. The van der Waals surface area contributed by atoms with Gasteiger partial charge < -0.3 is 10.0 Å². The maximum absolute atomic E-state index is 13.3. The minimum atomic E-state index is -3.63. The predicted molar refractivity (Wildman–Crippen MR) is 72.1 cm³/mol. The number of aliphatic carboxylic acids is 1. The molecule has 1 atom stereocenters. The van der Waals surface area contributed by atoms with E-state index in [0.29, 0.717) is 13.0 Å². The number of benzene rings is 1. The van der Waals surface area contributed by atoms with Gasteiger partial charge in [-0.25, -0.2) is 17.6 Å². The van der Waals surface area contributed by atoms with Crippen LogP contribution < -0.4 is 4.90 Å². The van der Waals surface area contributed by atoms with E-state index in [1.54, 1.807) is 4.90 Å². The highest BCUT2D eigenvalue weighted by atomic mass is 32.2. The minimum absolute atomic E-state index is 0.161. The Labute approximate surface area is 116 Å². The van der Waals surface area contributed by atoms with Crippen molar-refractivity contribution in [3.8, 4) is 0 Å². The molecule has 1 N–H and O–H groups in total. The summed E-state index contributed by atoms with van der Waals surface area (Å²) in [4.78, 5) is 12.7. The monoisotopic (exact) mass is 301 g/mol. The molecular weight excluding hydrogens is 285 g/mol. The molecule has 0 unspecified atom stereocenters. The van der Waals surface area contributed by atoms with Crippen LogP contribution in [0.1, 0.15) is 19.3 Å². The maximum atomic E-state index is 13.3. The third-order valence-corrected chi connectivity index (χ3v) is 4.54. The lowest BCUT2D eigenvalue weighted by Crippen LogP contribution is -2.45. The summed E-state index contributed by atoms with van der Waals surface area (Å²) in [5.74, 6) is -1.65. The average Bonchev–Trinajstić information content (AvgIpc) is 2.37. The third kappa shape index (κ3) is 2.92. The van der Waals surface area contributed by atoms with E-state index in [1.165, 1.54) is 6.07 Å². The first-order chi connectivity index (χ1) is 9.30. The van der Waals surface area contributed by atoms with Crippen LogP contribution in [0.4, 0.5) is 10.1 Å². The summed E-state index contributed by atoms with van der Waals surface area (Å²) in [6, 6.07) is 2.66. The molecule has 0 saturated carbocycles. The molecule has 1 saturated heterocycles. The van der Waals surface area contributed by atoms with Crippen molar-refractivity contribution >= 4 is 21.5 Å². The first kappa shape index (κ1) is 14.8. The smallest absolute Gasteiger partial charge is 0.326 e. The van der Waals surface area contributed by atoms with Gasteiger partial charge in [-0.2, -0.15) is 0 Å². The van der Waals surface area contributed by atoms with Crippen LogP contribution in [0.3, 0.4) is 0 Å². The van der Waals surface area contributed by atoms with Crippen molar-refractivity contribution in [2.75, 3.05) is 17.7 Å². The number of carbonyl (C=O) groups is 1. The number of nitrogens with zero attached hydrogens (tertiary/aromatic N) is 1. The average molecular weight is 301 g/mol. The predicted octanol–water partition coefficient (Wildman–Crippen LogP) is 1.67. The first-order valence-corrected chi connectivity index (χ1v) is 8.19. The van der Waals surface area contributed by atoms with Gasteiger partial charge in [-0.3, -0.25) is 0 Å². The maximum Gasteiger partial charge on any atom is 0.326 e. The zero-order valence-corrected chi connectivity index (χ0v) is 11.9. The van der Waals surface area contributed by atoms with Gasteiger partial charge in [0, 0.05) is 12.8 Å². The molecule has 1 aliphatic heterocycles. The van der Waals surface area contributed by atoms with Gasteiger partial charge in [-0.1, -0.05) is 0 Å². The lowest BCUT2D eigenvalue weighted by atomic mass is 10.0. The van der Waals surface area contributed by atoms with E-state index in [0.717, 1.165) is 31.2 Å². The topological polar surface area (TPSA) is 74.7 Å². The third-order valence-electron chi connectivity index (χ3n) is 3.42. The van der Waals surface area contributed by atoms with Gasteiger partial charge in [0.25, 0.3) is 0 Å². The van der Waals surface area contributed by atoms with Crippen LogP contribution in [0, 0.1) is 5.82 Å². The summed E-state index contributed by atoms with van der Waals surface area (Å²) in [7, 11) is -3.63. The molecule has 7 heteroatoms. The molecule has 0 bridgehead atoms. The number of carboxylic acid groups (broad SMARTS) is 1. The number of sulfone groups is 1. The van der Waals surface area contributed by atoms with Crippen molar-refractivity contribution in [1.82, 2.24) is 0 Å². The Morgan fingerprint density at radius 2 is 2.10 bits per heavy atom. The second-order valence-corrected chi connectivity index (χ2v) is 6.91. The van der Waals surface area contributed by atoms with E-state index in [-0.39, 0.29) is 10.6 Å². The summed E-state index contributed by atoms with van der Waals surface area (Å²) in [6.45, 7) is 0.450. The van der Waals surface area contributed by atoms with Gasteiger partial charge in [-0.15, -0.1) is 0 Å². The SMILES string of the molecule is CS(=O)(=O)c1cc(F)ccc1N1CCCC[C@@H]1C(=O)O. The number of halogens is 1. The Morgan fingerprint density at radius 1 is 1.40 bits per heavy atom. The van der Waals surface area contributed by atoms with Crippen LogP contribution in [0.25, 0.3) is 0 Å². The number of anilines is 1. The van der Waals surface area contributed by atoms with E-state index in [9.17, 15) is 22.7 Å². The number of hydrogen-bond acceptors (Lipinski definition) is 4. The van der Waals surface area contributed by atoms with Crippen LogP contribution in [0.2, 0.25) is 0 Å². The first-order valence-electron chi connectivity index (χ1n) is 6.30. The summed E-state index contributed by atoms with van der Waals surface area (Å²) in [5.41, 5.74) is 0.265. The molecule has 0 aliphatic carbocycles. The Morgan fingerprint density at radius 3 is 2.70 bits per heavy atom. The minimum Gasteiger partial charge on any atom is -0.480 e. The highest BCUT2D eigenvalue weighted by Crippen LogP contribution is 2.31. The van der Waals surface area contributed by atoms with E-state index in [2.05, 4.69) is 0 Å². The largest absolute Gasteiger partial charge is 0.480 e. The molecule has 1 aromatic rings. The summed E-state index contributed by atoms with van der Waals surface area (Å²) >= 11 is 0. The Kier molecular flexibility index (Phi) is 3.99. The number of carboxylic acids is 1. The lowest BCUT2D eigenvalue weighted by Gasteiger charge is -2.35. The summed E-state index contributed by atoms with van der Waals surface area (Å²) in [6.07, 6.45) is 3.01. The lowest BCUT2D eigenvalue weighted by molar-refractivity contribution is -0.139. The van der Waals surface area contributed by atoms with Gasteiger partial charge in [0.1, 0.15) is 11.9 Å². The normalized spacial score (nSPS) is 19.9. The van der Waals surface area contributed by atoms with Crippen molar-refractivity contribution in [3.05, 3.63) is 24.0 Å². The molecule has 0 radical (unpaired) electrons. The van der Waals surface area contributed by atoms with Gasteiger partial charge in [0.15, 0.2) is 9.84 Å². The Bertz CT molecular complexity index is 629. The van der Waals surface area contributed by atoms with Crippen LogP contribution >= 0.6 is 0 Å². The summed E-state index contributed by atoms with van der Waals surface area (Å²) in [5, 5.41) is 9.25. The number of rotatable bonds is 3. The summed E-state index contributed by atoms with van der Waals surface area (Å²) < 4.78 is 36.9. The zero-order chi connectivity index (χ0) is 14.9. The molecule has 5 nitrogen and oxygen atoms in total. The van der Waals surface area contributed by atoms with E-state index < -0.39 is 27.7 Å². The quantitative estimate of drug-likeness (QED) is 0.919. The zero-order valence-electron chi connectivity index (χ0n) is 11.0. The van der Waals surface area contributed by atoms with Crippen molar-refractivity contribution in [3.63, 3.8) is 0 Å². The second kappa shape index (κ2) is 5.40. The molecule has 0 spiro atoms. The molecule has 1 aromatic carbocycles. The van der Waals surface area contributed by atoms with Gasteiger partial charge >= 0.3 is 5.97 Å². The van der Waals surface area contributed by atoms with E-state index in [1.807, 2.05) is 0 Å². The van der Waals surface area contributed by atoms with Crippen LogP contribution in [-0.2, 0) is 14.6 Å². The molecule has 110 valence electrons. The Balaban J connectivity index is 2.53. The van der Waals surface area contributed by atoms with Crippen LogP contribution in [0.5, 0.6) is 0 Å². The number of hydrogen-bond donors (Lipinski definition) is 1. The molecule has 1 heterocycles. The molecule has 20 heavy (non-hydrogen) atoms. The second-order valence-electron chi connectivity index (χ2n) is 4.93. The fraction of sp³-hybridized carbons (Fsp3) is 0.462. The fourth-order valence-electron chi connectivity index (χ4n) is 2.50.